The van der Waals surface area contributed by atoms with Crippen LogP contribution < -0.4 is 5.32 Å². The molecule has 0 aromatic carbocycles. The third-order valence-corrected chi connectivity index (χ3v) is 3.94. The molecule has 0 bridgehead atoms. The van der Waals surface area contributed by atoms with E-state index in [1.807, 2.05) is 7.05 Å². The zero-order valence-corrected chi connectivity index (χ0v) is 10.3. The standard InChI is InChI=1S/C11H24N2O/c1-8(10(12-4)13(5)6)11(3)7-14-9(11)2/h8-10,12H,7H2,1-6H3. The van der Waals surface area contributed by atoms with Gasteiger partial charge < -0.3 is 10.1 Å². The van der Waals surface area contributed by atoms with Crippen LogP contribution in [0.3, 0.4) is 0 Å². The van der Waals surface area contributed by atoms with Gasteiger partial charge >= 0.3 is 0 Å². The van der Waals surface area contributed by atoms with E-state index in [1.54, 1.807) is 0 Å². The van der Waals surface area contributed by atoms with Crippen LogP contribution in [0.15, 0.2) is 0 Å². The van der Waals surface area contributed by atoms with Crippen LogP contribution in [0.5, 0.6) is 0 Å². The highest BCUT2D eigenvalue weighted by atomic mass is 16.5. The summed E-state index contributed by atoms with van der Waals surface area (Å²) in [6.07, 6.45) is 0.805. The number of rotatable bonds is 4. The maximum Gasteiger partial charge on any atom is 0.0626 e. The van der Waals surface area contributed by atoms with Crippen molar-refractivity contribution < 1.29 is 4.74 Å². The number of hydrogen-bond acceptors (Lipinski definition) is 3. The lowest BCUT2D eigenvalue weighted by Crippen LogP contribution is -2.59. The summed E-state index contributed by atoms with van der Waals surface area (Å²) in [6, 6.07) is 0. The van der Waals surface area contributed by atoms with Gasteiger partial charge in [0.2, 0.25) is 0 Å². The molecule has 3 nitrogen and oxygen atoms in total. The molecular weight excluding hydrogens is 176 g/mol. The second-order valence-corrected chi connectivity index (χ2v) is 4.94. The van der Waals surface area contributed by atoms with Gasteiger partial charge in [0.05, 0.1) is 18.9 Å². The summed E-state index contributed by atoms with van der Waals surface area (Å²) in [5, 5.41) is 3.37. The van der Waals surface area contributed by atoms with Crippen LogP contribution >= 0.6 is 0 Å². The molecule has 3 heteroatoms. The Morgan fingerprint density at radius 2 is 2.07 bits per heavy atom. The molecule has 1 aliphatic rings. The molecule has 1 N–H and O–H groups in total. The number of hydrogen-bond donors (Lipinski definition) is 1. The monoisotopic (exact) mass is 200 g/mol. The molecule has 1 aliphatic heterocycles. The Balaban J connectivity index is 2.67. The van der Waals surface area contributed by atoms with Gasteiger partial charge in [-0.15, -0.1) is 0 Å². The molecule has 1 saturated heterocycles. The van der Waals surface area contributed by atoms with Crippen molar-refractivity contribution in [3.05, 3.63) is 0 Å². The Kier molecular flexibility index (Phi) is 3.56. The topological polar surface area (TPSA) is 24.5 Å². The van der Waals surface area contributed by atoms with E-state index >= 15 is 0 Å². The van der Waals surface area contributed by atoms with Crippen molar-refractivity contribution in [1.82, 2.24) is 10.2 Å². The molecule has 0 aromatic heterocycles. The van der Waals surface area contributed by atoms with E-state index in [0.29, 0.717) is 23.6 Å². The molecule has 0 aromatic rings. The molecule has 4 unspecified atom stereocenters. The van der Waals surface area contributed by atoms with Gasteiger partial charge in [-0.2, -0.15) is 0 Å². The van der Waals surface area contributed by atoms with Crippen LogP contribution in [0.1, 0.15) is 20.8 Å². The lowest BCUT2D eigenvalue weighted by atomic mass is 9.69. The third kappa shape index (κ3) is 1.81. The molecule has 1 heterocycles. The average Bonchev–Trinajstić information content (AvgIpc) is 2.14. The fourth-order valence-corrected chi connectivity index (χ4v) is 2.33. The van der Waals surface area contributed by atoms with E-state index in [4.69, 9.17) is 4.74 Å². The number of ether oxygens (including phenoxy) is 1. The predicted octanol–water partition coefficient (Wildman–Crippen LogP) is 1.15. The Morgan fingerprint density at radius 1 is 1.50 bits per heavy atom. The zero-order valence-electron chi connectivity index (χ0n) is 10.3. The summed E-state index contributed by atoms with van der Waals surface area (Å²) < 4.78 is 5.50. The summed E-state index contributed by atoms with van der Waals surface area (Å²) >= 11 is 0. The largest absolute Gasteiger partial charge is 0.377 e. The highest BCUT2D eigenvalue weighted by molar-refractivity contribution is 4.95. The van der Waals surface area contributed by atoms with Crippen molar-refractivity contribution in [1.29, 1.82) is 0 Å². The average molecular weight is 200 g/mol. The normalized spacial score (nSPS) is 36.6. The molecular formula is C11H24N2O. The third-order valence-electron chi connectivity index (χ3n) is 3.94. The molecule has 0 saturated carbocycles. The molecule has 0 radical (unpaired) electrons. The summed E-state index contributed by atoms with van der Waals surface area (Å²) in [7, 11) is 6.26. The zero-order chi connectivity index (χ0) is 10.9. The fraction of sp³-hybridized carbons (Fsp3) is 1.00. The van der Waals surface area contributed by atoms with Crippen molar-refractivity contribution in [2.45, 2.75) is 33.0 Å². The van der Waals surface area contributed by atoms with Gasteiger partial charge in [-0.05, 0) is 34.0 Å². The summed E-state index contributed by atoms with van der Waals surface area (Å²) in [4.78, 5) is 2.24. The van der Waals surface area contributed by atoms with Gasteiger partial charge in [-0.25, -0.2) is 0 Å². The van der Waals surface area contributed by atoms with Gasteiger partial charge in [0.1, 0.15) is 0 Å². The molecule has 14 heavy (non-hydrogen) atoms. The minimum atomic E-state index is 0.317. The van der Waals surface area contributed by atoms with E-state index in [9.17, 15) is 0 Å². The van der Waals surface area contributed by atoms with Crippen LogP contribution in [0.2, 0.25) is 0 Å². The first-order valence-corrected chi connectivity index (χ1v) is 5.38. The fourth-order valence-electron chi connectivity index (χ4n) is 2.33. The Hall–Kier alpha value is -0.120. The Labute approximate surface area is 87.8 Å². The molecule has 1 fully saturated rings. The van der Waals surface area contributed by atoms with Crippen LogP contribution in [-0.4, -0.2) is 44.9 Å². The van der Waals surface area contributed by atoms with E-state index in [1.165, 1.54) is 0 Å². The smallest absolute Gasteiger partial charge is 0.0626 e. The maximum absolute atomic E-state index is 5.50. The molecule has 4 atom stereocenters. The summed E-state index contributed by atoms with van der Waals surface area (Å²) in [5.41, 5.74) is 0.317. The van der Waals surface area contributed by atoms with Gasteiger partial charge in [0.25, 0.3) is 0 Å². The van der Waals surface area contributed by atoms with E-state index in [0.717, 1.165) is 6.61 Å². The molecule has 84 valence electrons. The van der Waals surface area contributed by atoms with Crippen LogP contribution in [0.4, 0.5) is 0 Å². The predicted molar refractivity (Wildman–Crippen MR) is 59.2 cm³/mol. The van der Waals surface area contributed by atoms with Crippen molar-refractivity contribution in [3.8, 4) is 0 Å². The van der Waals surface area contributed by atoms with E-state index in [-0.39, 0.29) is 0 Å². The van der Waals surface area contributed by atoms with Gasteiger partial charge in [-0.3, -0.25) is 4.90 Å². The minimum Gasteiger partial charge on any atom is -0.377 e. The van der Waals surface area contributed by atoms with Crippen molar-refractivity contribution in [3.63, 3.8) is 0 Å². The summed E-state index contributed by atoms with van der Waals surface area (Å²) in [6.45, 7) is 7.68. The number of nitrogens with one attached hydrogen (secondary N) is 1. The van der Waals surface area contributed by atoms with Gasteiger partial charge in [0.15, 0.2) is 0 Å². The van der Waals surface area contributed by atoms with Gasteiger partial charge in [0, 0.05) is 5.41 Å². The van der Waals surface area contributed by atoms with Crippen LogP contribution in [0.25, 0.3) is 0 Å². The van der Waals surface area contributed by atoms with Crippen molar-refractivity contribution in [2.24, 2.45) is 11.3 Å². The SMILES string of the molecule is CNC(C(C)C1(C)COC1C)N(C)C. The lowest BCUT2D eigenvalue weighted by Gasteiger charge is -2.52. The summed E-state index contributed by atoms with van der Waals surface area (Å²) in [5.74, 6) is 0.589. The molecule has 0 aliphatic carbocycles. The Morgan fingerprint density at radius 3 is 2.29 bits per heavy atom. The molecule has 1 rings (SSSR count). The first-order valence-electron chi connectivity index (χ1n) is 5.38. The quantitative estimate of drug-likeness (QED) is 0.689. The van der Waals surface area contributed by atoms with Crippen molar-refractivity contribution >= 4 is 0 Å². The Bertz CT molecular complexity index is 196. The first kappa shape index (κ1) is 12.0. The van der Waals surface area contributed by atoms with Crippen LogP contribution in [0, 0.1) is 11.3 Å². The highest BCUT2D eigenvalue weighted by Gasteiger charge is 2.48. The maximum atomic E-state index is 5.50. The molecule has 0 spiro atoms. The first-order chi connectivity index (χ1) is 6.43. The highest BCUT2D eigenvalue weighted by Crippen LogP contribution is 2.42. The van der Waals surface area contributed by atoms with E-state index in [2.05, 4.69) is 45.1 Å². The van der Waals surface area contributed by atoms with Gasteiger partial charge in [-0.1, -0.05) is 13.8 Å². The second-order valence-electron chi connectivity index (χ2n) is 4.94. The number of nitrogens with zero attached hydrogens (tertiary/aromatic N) is 1. The molecule has 0 amide bonds. The minimum absolute atomic E-state index is 0.317. The lowest BCUT2D eigenvalue weighted by molar-refractivity contribution is -0.202. The van der Waals surface area contributed by atoms with E-state index < -0.39 is 0 Å². The van der Waals surface area contributed by atoms with Crippen molar-refractivity contribution in [2.75, 3.05) is 27.7 Å². The van der Waals surface area contributed by atoms with Crippen LogP contribution in [-0.2, 0) is 4.74 Å². The second kappa shape index (κ2) is 4.17.